The molecular formula is C13H27N. The first-order valence-electron chi connectivity index (χ1n) is 6.01. The highest BCUT2D eigenvalue weighted by Gasteiger charge is 2.09. The van der Waals surface area contributed by atoms with E-state index >= 15 is 0 Å². The van der Waals surface area contributed by atoms with Gasteiger partial charge in [-0.25, -0.2) is 0 Å². The molecule has 1 nitrogen and oxygen atoms in total. The summed E-state index contributed by atoms with van der Waals surface area (Å²) in [6, 6.07) is 0. The standard InChI is InChI=1S/C13H27N/c1-5-7-8-9-10-11-12-14-13(3,4)6-2/h6,14H,2,5,7-12H2,1,3-4H3. The van der Waals surface area contributed by atoms with Crippen LogP contribution in [0, 0.1) is 0 Å². The molecule has 0 rings (SSSR count). The molecule has 0 atom stereocenters. The van der Waals surface area contributed by atoms with Gasteiger partial charge in [0.1, 0.15) is 0 Å². The van der Waals surface area contributed by atoms with E-state index in [-0.39, 0.29) is 5.54 Å². The Kier molecular flexibility index (Phi) is 7.87. The monoisotopic (exact) mass is 197 g/mol. The predicted octanol–water partition coefficient (Wildman–Crippen LogP) is 3.90. The Bertz CT molecular complexity index is 138. The van der Waals surface area contributed by atoms with Gasteiger partial charge >= 0.3 is 0 Å². The van der Waals surface area contributed by atoms with E-state index in [4.69, 9.17) is 0 Å². The van der Waals surface area contributed by atoms with Crippen molar-refractivity contribution in [3.8, 4) is 0 Å². The largest absolute Gasteiger partial charge is 0.308 e. The van der Waals surface area contributed by atoms with Crippen LogP contribution < -0.4 is 5.32 Å². The Balaban J connectivity index is 3.17. The second-order valence-electron chi connectivity index (χ2n) is 4.62. The van der Waals surface area contributed by atoms with Crippen LogP contribution in [0.25, 0.3) is 0 Å². The Morgan fingerprint density at radius 3 is 2.21 bits per heavy atom. The summed E-state index contributed by atoms with van der Waals surface area (Å²) in [7, 11) is 0. The second-order valence-corrected chi connectivity index (χ2v) is 4.62. The molecule has 0 aliphatic rings. The van der Waals surface area contributed by atoms with Gasteiger partial charge in [-0.15, -0.1) is 6.58 Å². The van der Waals surface area contributed by atoms with Gasteiger partial charge in [0, 0.05) is 5.54 Å². The lowest BCUT2D eigenvalue weighted by Crippen LogP contribution is -2.37. The van der Waals surface area contributed by atoms with Crippen molar-refractivity contribution in [2.24, 2.45) is 0 Å². The lowest BCUT2D eigenvalue weighted by atomic mass is 10.1. The summed E-state index contributed by atoms with van der Waals surface area (Å²) in [5.74, 6) is 0. The van der Waals surface area contributed by atoms with Gasteiger partial charge in [0.15, 0.2) is 0 Å². The van der Waals surface area contributed by atoms with Crippen molar-refractivity contribution < 1.29 is 0 Å². The van der Waals surface area contributed by atoms with Gasteiger partial charge in [0.2, 0.25) is 0 Å². The molecule has 0 aliphatic heterocycles. The summed E-state index contributed by atoms with van der Waals surface area (Å²) >= 11 is 0. The maximum Gasteiger partial charge on any atom is 0.0304 e. The Labute approximate surface area is 90.0 Å². The first-order chi connectivity index (χ1) is 6.62. The fourth-order valence-corrected chi connectivity index (χ4v) is 1.39. The summed E-state index contributed by atoms with van der Waals surface area (Å²) in [6.45, 7) is 11.5. The SMILES string of the molecule is C=CC(C)(C)NCCCCCCCC. The van der Waals surface area contributed by atoms with E-state index in [0.717, 1.165) is 6.54 Å². The first kappa shape index (κ1) is 13.7. The molecule has 14 heavy (non-hydrogen) atoms. The number of unbranched alkanes of at least 4 members (excludes halogenated alkanes) is 5. The number of hydrogen-bond donors (Lipinski definition) is 1. The van der Waals surface area contributed by atoms with Crippen LogP contribution in [0.3, 0.4) is 0 Å². The molecule has 0 radical (unpaired) electrons. The third-order valence-electron chi connectivity index (χ3n) is 2.62. The quantitative estimate of drug-likeness (QED) is 0.436. The molecule has 0 unspecified atom stereocenters. The van der Waals surface area contributed by atoms with Crippen LogP contribution in [0.15, 0.2) is 12.7 Å². The van der Waals surface area contributed by atoms with Crippen LogP contribution in [0.4, 0.5) is 0 Å². The molecule has 1 N–H and O–H groups in total. The minimum Gasteiger partial charge on any atom is -0.308 e. The zero-order chi connectivity index (χ0) is 10.9. The molecule has 0 saturated heterocycles. The Morgan fingerprint density at radius 1 is 1.07 bits per heavy atom. The van der Waals surface area contributed by atoms with E-state index < -0.39 is 0 Å². The van der Waals surface area contributed by atoms with Crippen molar-refractivity contribution in [3.05, 3.63) is 12.7 Å². The highest BCUT2D eigenvalue weighted by Crippen LogP contribution is 2.06. The summed E-state index contributed by atoms with van der Waals surface area (Å²) < 4.78 is 0. The predicted molar refractivity (Wildman–Crippen MR) is 65.7 cm³/mol. The maximum atomic E-state index is 3.81. The second kappa shape index (κ2) is 8.05. The van der Waals surface area contributed by atoms with Crippen LogP contribution in [0.2, 0.25) is 0 Å². The average Bonchev–Trinajstić information content (AvgIpc) is 2.16. The molecule has 0 fully saturated rings. The van der Waals surface area contributed by atoms with Crippen LogP contribution in [0.1, 0.15) is 59.3 Å². The minimum absolute atomic E-state index is 0.101. The maximum absolute atomic E-state index is 3.81. The molecular weight excluding hydrogens is 170 g/mol. The van der Waals surface area contributed by atoms with Crippen LogP contribution in [-0.2, 0) is 0 Å². The van der Waals surface area contributed by atoms with Crippen molar-refractivity contribution in [1.82, 2.24) is 5.32 Å². The van der Waals surface area contributed by atoms with Crippen LogP contribution in [-0.4, -0.2) is 12.1 Å². The van der Waals surface area contributed by atoms with E-state index in [1.165, 1.54) is 38.5 Å². The number of hydrogen-bond acceptors (Lipinski definition) is 1. The third-order valence-corrected chi connectivity index (χ3v) is 2.62. The molecule has 84 valence electrons. The molecule has 0 aromatic rings. The van der Waals surface area contributed by atoms with Gasteiger partial charge in [0.05, 0.1) is 0 Å². The van der Waals surface area contributed by atoms with E-state index in [0.29, 0.717) is 0 Å². The van der Waals surface area contributed by atoms with Crippen LogP contribution in [0.5, 0.6) is 0 Å². The van der Waals surface area contributed by atoms with Gasteiger partial charge < -0.3 is 5.32 Å². The van der Waals surface area contributed by atoms with Crippen molar-refractivity contribution in [2.45, 2.75) is 64.8 Å². The summed E-state index contributed by atoms with van der Waals surface area (Å²) in [5.41, 5.74) is 0.101. The lowest BCUT2D eigenvalue weighted by Gasteiger charge is -2.21. The summed E-state index contributed by atoms with van der Waals surface area (Å²) in [5, 5.41) is 3.48. The van der Waals surface area contributed by atoms with E-state index in [9.17, 15) is 0 Å². The number of rotatable bonds is 9. The van der Waals surface area contributed by atoms with Gasteiger partial charge in [-0.05, 0) is 26.8 Å². The van der Waals surface area contributed by atoms with Crippen molar-refractivity contribution >= 4 is 0 Å². The lowest BCUT2D eigenvalue weighted by molar-refractivity contribution is 0.458. The molecule has 0 bridgehead atoms. The summed E-state index contributed by atoms with van der Waals surface area (Å²) in [4.78, 5) is 0. The zero-order valence-corrected chi connectivity index (χ0v) is 10.2. The van der Waals surface area contributed by atoms with Gasteiger partial charge in [0.25, 0.3) is 0 Å². The molecule has 0 spiro atoms. The highest BCUT2D eigenvalue weighted by atomic mass is 14.9. The smallest absolute Gasteiger partial charge is 0.0304 e. The van der Waals surface area contributed by atoms with Crippen molar-refractivity contribution in [2.75, 3.05) is 6.54 Å². The highest BCUT2D eigenvalue weighted by molar-refractivity contribution is 4.94. The zero-order valence-electron chi connectivity index (χ0n) is 10.2. The van der Waals surface area contributed by atoms with Crippen molar-refractivity contribution in [1.29, 1.82) is 0 Å². The Morgan fingerprint density at radius 2 is 1.64 bits per heavy atom. The van der Waals surface area contributed by atoms with Gasteiger partial charge in [-0.2, -0.15) is 0 Å². The molecule has 0 amide bonds. The summed E-state index contributed by atoms with van der Waals surface area (Å²) in [6.07, 6.45) is 10.2. The molecule has 0 aromatic carbocycles. The topological polar surface area (TPSA) is 12.0 Å². The molecule has 0 aromatic heterocycles. The van der Waals surface area contributed by atoms with E-state index in [1.807, 2.05) is 6.08 Å². The fraction of sp³-hybridized carbons (Fsp3) is 0.846. The third kappa shape index (κ3) is 8.31. The molecule has 0 saturated carbocycles. The minimum atomic E-state index is 0.101. The molecule has 0 heterocycles. The van der Waals surface area contributed by atoms with Crippen LogP contribution >= 0.6 is 0 Å². The van der Waals surface area contributed by atoms with Gasteiger partial charge in [-0.3, -0.25) is 0 Å². The fourth-order valence-electron chi connectivity index (χ4n) is 1.39. The molecule has 0 aliphatic carbocycles. The van der Waals surface area contributed by atoms with E-state index in [2.05, 4.69) is 32.7 Å². The average molecular weight is 197 g/mol. The first-order valence-corrected chi connectivity index (χ1v) is 6.01. The molecule has 1 heteroatoms. The normalized spacial score (nSPS) is 11.6. The number of nitrogens with one attached hydrogen (secondary N) is 1. The van der Waals surface area contributed by atoms with E-state index in [1.54, 1.807) is 0 Å². The van der Waals surface area contributed by atoms with Crippen molar-refractivity contribution in [3.63, 3.8) is 0 Å². The van der Waals surface area contributed by atoms with Gasteiger partial charge in [-0.1, -0.05) is 45.1 Å². The Hall–Kier alpha value is -0.300.